The highest BCUT2D eigenvalue weighted by Crippen LogP contribution is 2.56. The van der Waals surface area contributed by atoms with Crippen molar-refractivity contribution < 1.29 is 10.2 Å². The van der Waals surface area contributed by atoms with Crippen molar-refractivity contribution in [3.8, 4) is 0 Å². The molecule has 0 spiro atoms. The minimum absolute atomic E-state index is 0.121. The Morgan fingerprint density at radius 2 is 1.77 bits per heavy atom. The molecule has 3 fully saturated rings. The van der Waals surface area contributed by atoms with Gasteiger partial charge in [-0.1, -0.05) is 62.6 Å². The molecule has 0 bridgehead atoms. The Balaban J connectivity index is 0.00000155. The van der Waals surface area contributed by atoms with Crippen LogP contribution in [0, 0.1) is 17.3 Å². The molecular formula is C28H48O2. The van der Waals surface area contributed by atoms with E-state index in [1.54, 1.807) is 5.57 Å². The van der Waals surface area contributed by atoms with Crippen LogP contribution < -0.4 is 0 Å². The predicted octanol–water partition coefficient (Wildman–Crippen LogP) is 7.51. The van der Waals surface area contributed by atoms with Crippen molar-refractivity contribution in [3.05, 3.63) is 35.5 Å². The van der Waals surface area contributed by atoms with Crippen LogP contribution in [-0.2, 0) is 0 Å². The minimum Gasteiger partial charge on any atom is -0.393 e. The van der Waals surface area contributed by atoms with Gasteiger partial charge in [0.2, 0.25) is 0 Å². The van der Waals surface area contributed by atoms with Crippen molar-refractivity contribution in [2.24, 2.45) is 17.3 Å². The number of fused-ring (bicyclic) bond motifs is 1. The Bertz CT molecular complexity index is 607. The fraction of sp³-hybridized carbons (Fsp3) is 0.786. The van der Waals surface area contributed by atoms with E-state index in [9.17, 15) is 10.2 Å². The average Bonchev–Trinajstić information content (AvgIpc) is 2.70. The molecule has 2 N–H and O–H groups in total. The number of allylic oxidation sites excluding steroid dienone is 4. The highest BCUT2D eigenvalue weighted by Gasteiger charge is 2.46. The first-order valence-electron chi connectivity index (χ1n) is 12.7. The Morgan fingerprint density at radius 3 is 2.47 bits per heavy atom. The Hall–Kier alpha value is -0.860. The summed E-state index contributed by atoms with van der Waals surface area (Å²) in [6.07, 6.45) is 23.2. The van der Waals surface area contributed by atoms with Crippen LogP contribution in [0.4, 0.5) is 0 Å². The summed E-state index contributed by atoms with van der Waals surface area (Å²) < 4.78 is 0. The van der Waals surface area contributed by atoms with E-state index in [2.05, 4.69) is 31.2 Å². The Morgan fingerprint density at radius 1 is 1.00 bits per heavy atom. The van der Waals surface area contributed by atoms with Gasteiger partial charge >= 0.3 is 0 Å². The first-order valence-corrected chi connectivity index (χ1v) is 12.7. The second kappa shape index (κ2) is 11.7. The fourth-order valence-corrected chi connectivity index (χ4v) is 6.01. The maximum atomic E-state index is 9.95. The zero-order chi connectivity index (χ0) is 22.2. The van der Waals surface area contributed by atoms with Gasteiger partial charge in [0.15, 0.2) is 0 Å². The zero-order valence-electron chi connectivity index (χ0n) is 20.4. The van der Waals surface area contributed by atoms with E-state index in [4.69, 9.17) is 0 Å². The lowest BCUT2D eigenvalue weighted by molar-refractivity contribution is 0.0336. The van der Waals surface area contributed by atoms with E-state index in [0.29, 0.717) is 5.41 Å². The van der Waals surface area contributed by atoms with Gasteiger partial charge in [-0.05, 0) is 102 Å². The van der Waals surface area contributed by atoms with Crippen molar-refractivity contribution in [3.63, 3.8) is 0 Å². The van der Waals surface area contributed by atoms with Gasteiger partial charge in [-0.25, -0.2) is 0 Å². The van der Waals surface area contributed by atoms with Gasteiger partial charge in [0.25, 0.3) is 0 Å². The molecule has 3 saturated carbocycles. The molecule has 2 nitrogen and oxygen atoms in total. The molecule has 4 atom stereocenters. The van der Waals surface area contributed by atoms with Gasteiger partial charge in [0, 0.05) is 0 Å². The smallest absolute Gasteiger partial charge is 0.0626 e. The molecule has 4 unspecified atom stereocenters. The molecule has 0 saturated heterocycles. The number of aliphatic hydroxyl groups is 2. The lowest BCUT2D eigenvalue weighted by Gasteiger charge is -2.51. The Labute approximate surface area is 186 Å². The fourth-order valence-electron chi connectivity index (χ4n) is 6.01. The molecule has 3 aliphatic rings. The maximum absolute atomic E-state index is 9.95. The molecule has 0 radical (unpaired) electrons. The lowest BCUT2D eigenvalue weighted by atomic mass is 9.53. The average molecular weight is 417 g/mol. The zero-order valence-corrected chi connectivity index (χ0v) is 20.4. The monoisotopic (exact) mass is 416 g/mol. The summed E-state index contributed by atoms with van der Waals surface area (Å²) in [7, 11) is 0. The van der Waals surface area contributed by atoms with Crippen LogP contribution in [0.15, 0.2) is 35.5 Å². The molecule has 0 amide bonds. The largest absolute Gasteiger partial charge is 0.393 e. The van der Waals surface area contributed by atoms with Crippen molar-refractivity contribution in [2.75, 3.05) is 0 Å². The van der Waals surface area contributed by atoms with Crippen LogP contribution in [0.5, 0.6) is 0 Å². The normalized spacial score (nSPS) is 35.2. The van der Waals surface area contributed by atoms with Crippen LogP contribution in [0.3, 0.4) is 0 Å². The molecule has 3 aliphatic carbocycles. The summed E-state index contributed by atoms with van der Waals surface area (Å²) in [5.41, 5.74) is 2.94. The first-order chi connectivity index (χ1) is 14.3. The molecule has 2 heteroatoms. The van der Waals surface area contributed by atoms with Crippen LogP contribution in [0.2, 0.25) is 0 Å². The predicted molar refractivity (Wildman–Crippen MR) is 129 cm³/mol. The van der Waals surface area contributed by atoms with Crippen molar-refractivity contribution in [1.82, 2.24) is 0 Å². The lowest BCUT2D eigenvalue weighted by Crippen LogP contribution is -2.42. The molecular weight excluding hydrogens is 368 g/mol. The van der Waals surface area contributed by atoms with Crippen molar-refractivity contribution in [2.45, 2.75) is 123 Å². The van der Waals surface area contributed by atoms with E-state index in [1.807, 2.05) is 27.7 Å². The van der Waals surface area contributed by atoms with Gasteiger partial charge in [-0.15, -0.1) is 0 Å². The number of hydrogen-bond donors (Lipinski definition) is 2. The van der Waals surface area contributed by atoms with Crippen LogP contribution >= 0.6 is 0 Å². The molecule has 3 rings (SSSR count). The number of hydrogen-bond acceptors (Lipinski definition) is 2. The summed E-state index contributed by atoms with van der Waals surface area (Å²) in [5.74, 6) is 1.49. The molecule has 0 aliphatic heterocycles. The van der Waals surface area contributed by atoms with E-state index in [-0.39, 0.29) is 6.10 Å². The van der Waals surface area contributed by atoms with Gasteiger partial charge in [0.1, 0.15) is 0 Å². The molecule has 0 aromatic carbocycles. The standard InChI is InChI=1S/C26H42O2.C2H6/c1-25(2,28)17-5-4-11-22-12-7-14-24-21(10-8-18-26(22,24)3)16-15-20-9-6-13-23(27)19-20;1-2/h4-5,15-16,22-24,27-28H,6-14,17-19H2,1-3H3;1-2H3/b5-4+,20-15-,21-16+;. The van der Waals surface area contributed by atoms with Crippen LogP contribution in [0.25, 0.3) is 0 Å². The summed E-state index contributed by atoms with van der Waals surface area (Å²) in [5, 5.41) is 19.9. The summed E-state index contributed by atoms with van der Waals surface area (Å²) in [4.78, 5) is 0. The van der Waals surface area contributed by atoms with Crippen LogP contribution in [-0.4, -0.2) is 21.9 Å². The highest BCUT2D eigenvalue weighted by molar-refractivity contribution is 5.25. The quantitative estimate of drug-likeness (QED) is 0.455. The first kappa shape index (κ1) is 25.4. The molecule has 30 heavy (non-hydrogen) atoms. The third kappa shape index (κ3) is 7.09. The van der Waals surface area contributed by atoms with Gasteiger partial charge in [-0.3, -0.25) is 0 Å². The van der Waals surface area contributed by atoms with E-state index in [1.165, 1.54) is 44.1 Å². The summed E-state index contributed by atoms with van der Waals surface area (Å²) in [6, 6.07) is 0. The molecule has 0 heterocycles. The third-order valence-electron chi connectivity index (χ3n) is 7.67. The van der Waals surface area contributed by atoms with E-state index in [0.717, 1.165) is 50.4 Å². The second-order valence-electron chi connectivity index (χ2n) is 10.6. The number of aliphatic hydroxyl groups excluding tert-OH is 1. The minimum atomic E-state index is -0.601. The van der Waals surface area contributed by atoms with Gasteiger partial charge < -0.3 is 10.2 Å². The molecule has 172 valence electrons. The van der Waals surface area contributed by atoms with Gasteiger partial charge in [-0.2, -0.15) is 0 Å². The van der Waals surface area contributed by atoms with Gasteiger partial charge in [0.05, 0.1) is 11.7 Å². The highest BCUT2D eigenvalue weighted by atomic mass is 16.3. The third-order valence-corrected chi connectivity index (χ3v) is 7.67. The van der Waals surface area contributed by atoms with Crippen molar-refractivity contribution in [1.29, 1.82) is 0 Å². The second-order valence-corrected chi connectivity index (χ2v) is 10.6. The summed E-state index contributed by atoms with van der Waals surface area (Å²) in [6.45, 7) is 10.3. The SMILES string of the molecule is CC.CC(C)(O)C/C=C/CC1CCCC2/C(=C/C=C3/CCCC(O)C3)CCCC12C. The molecule has 0 aromatic rings. The van der Waals surface area contributed by atoms with Crippen molar-refractivity contribution >= 4 is 0 Å². The van der Waals surface area contributed by atoms with E-state index < -0.39 is 5.60 Å². The maximum Gasteiger partial charge on any atom is 0.0626 e. The number of rotatable bonds is 5. The topological polar surface area (TPSA) is 40.5 Å². The van der Waals surface area contributed by atoms with Crippen LogP contribution in [0.1, 0.15) is 112 Å². The Kier molecular flexibility index (Phi) is 9.88. The summed E-state index contributed by atoms with van der Waals surface area (Å²) >= 11 is 0. The molecule has 0 aromatic heterocycles. The van der Waals surface area contributed by atoms with E-state index >= 15 is 0 Å².